The van der Waals surface area contributed by atoms with E-state index >= 15 is 0 Å². The van der Waals surface area contributed by atoms with Gasteiger partial charge in [0.2, 0.25) is 0 Å². The van der Waals surface area contributed by atoms with Crippen LogP contribution in [0.15, 0.2) is 51.2 Å². The summed E-state index contributed by atoms with van der Waals surface area (Å²) in [5.74, 6) is 0.833. The zero-order valence-electron chi connectivity index (χ0n) is 14.5. The molecule has 2 rings (SSSR count). The Bertz CT molecular complexity index is 686. The maximum absolute atomic E-state index is 11.8. The van der Waals surface area contributed by atoms with E-state index in [9.17, 15) is 4.79 Å². The quantitative estimate of drug-likeness (QED) is 0.408. The molecule has 134 valence electrons. The number of thiophene rings is 1. The Kier molecular flexibility index (Phi) is 7.94. The van der Waals surface area contributed by atoms with Crippen LogP contribution in [-0.2, 0) is 6.54 Å². The summed E-state index contributed by atoms with van der Waals surface area (Å²) in [6, 6.07) is 12.0. The monoisotopic (exact) mass is 422 g/mol. The number of nitrogens with one attached hydrogen (secondary N) is 2. The molecule has 7 heteroatoms. The molecule has 25 heavy (non-hydrogen) atoms. The van der Waals surface area contributed by atoms with Gasteiger partial charge in [0, 0.05) is 38.2 Å². The summed E-state index contributed by atoms with van der Waals surface area (Å²) in [5, 5.41) is 8.16. The molecule has 2 N–H and O–H groups in total. The molecular formula is C18H23BrN4OS. The number of carbonyl (C=O) groups is 1. The first-order valence-corrected chi connectivity index (χ1v) is 9.75. The third kappa shape index (κ3) is 6.51. The molecule has 0 aliphatic carbocycles. The van der Waals surface area contributed by atoms with Gasteiger partial charge in [0.25, 0.3) is 5.91 Å². The van der Waals surface area contributed by atoms with Crippen molar-refractivity contribution < 1.29 is 4.79 Å². The van der Waals surface area contributed by atoms with Crippen LogP contribution >= 0.6 is 27.3 Å². The summed E-state index contributed by atoms with van der Waals surface area (Å²) in [5.41, 5.74) is 1.22. The number of hydrogen-bond donors (Lipinski definition) is 2. The molecule has 0 aliphatic rings. The van der Waals surface area contributed by atoms with Crippen LogP contribution in [0.25, 0.3) is 0 Å². The van der Waals surface area contributed by atoms with Crippen LogP contribution in [0.1, 0.15) is 21.7 Å². The Balaban J connectivity index is 1.69. The van der Waals surface area contributed by atoms with Crippen molar-refractivity contribution in [1.29, 1.82) is 0 Å². The van der Waals surface area contributed by atoms with Crippen molar-refractivity contribution in [2.45, 2.75) is 13.0 Å². The molecule has 0 aliphatic heterocycles. The number of guanidine groups is 1. The number of aliphatic imine (C=N–C) groups is 1. The van der Waals surface area contributed by atoms with E-state index < -0.39 is 0 Å². The van der Waals surface area contributed by atoms with E-state index in [1.807, 2.05) is 36.7 Å². The second-order valence-corrected chi connectivity index (χ2v) is 7.41. The fraction of sp³-hybridized carbons (Fsp3) is 0.333. The average molecular weight is 423 g/mol. The van der Waals surface area contributed by atoms with Gasteiger partial charge < -0.3 is 15.5 Å². The predicted molar refractivity (Wildman–Crippen MR) is 108 cm³/mol. The predicted octanol–water partition coefficient (Wildman–Crippen LogP) is 3.34. The minimum atomic E-state index is -0.00765. The van der Waals surface area contributed by atoms with Crippen LogP contribution in [0.3, 0.4) is 0 Å². The number of amides is 1. The van der Waals surface area contributed by atoms with E-state index in [0.29, 0.717) is 6.54 Å². The summed E-state index contributed by atoms with van der Waals surface area (Å²) in [4.78, 5) is 19.0. The zero-order chi connectivity index (χ0) is 18.1. The highest BCUT2D eigenvalue weighted by Crippen LogP contribution is 2.11. The lowest BCUT2D eigenvalue weighted by Crippen LogP contribution is -2.39. The Morgan fingerprint density at radius 1 is 1.20 bits per heavy atom. The third-order valence-corrected chi connectivity index (χ3v) is 4.97. The summed E-state index contributed by atoms with van der Waals surface area (Å²) in [6.45, 7) is 2.17. The molecule has 1 aromatic heterocycles. The van der Waals surface area contributed by atoms with E-state index in [1.54, 1.807) is 7.05 Å². The van der Waals surface area contributed by atoms with Gasteiger partial charge in [-0.05, 0) is 35.6 Å². The van der Waals surface area contributed by atoms with Crippen molar-refractivity contribution in [2.24, 2.45) is 4.99 Å². The van der Waals surface area contributed by atoms with E-state index in [0.717, 1.165) is 34.8 Å². The van der Waals surface area contributed by atoms with Crippen molar-refractivity contribution in [1.82, 2.24) is 15.5 Å². The van der Waals surface area contributed by atoms with E-state index in [1.165, 1.54) is 16.9 Å². The lowest BCUT2D eigenvalue weighted by Gasteiger charge is -2.22. The van der Waals surface area contributed by atoms with E-state index in [4.69, 9.17) is 0 Å². The first-order valence-electron chi connectivity index (χ1n) is 8.08. The van der Waals surface area contributed by atoms with Crippen LogP contribution in [0.2, 0.25) is 0 Å². The third-order valence-electron chi connectivity index (χ3n) is 3.57. The fourth-order valence-corrected chi connectivity index (χ4v) is 3.21. The number of rotatable bonds is 7. The normalized spacial score (nSPS) is 11.2. The van der Waals surface area contributed by atoms with Crippen molar-refractivity contribution >= 4 is 39.1 Å². The molecule has 0 atom stereocenters. The smallest absolute Gasteiger partial charge is 0.261 e. The van der Waals surface area contributed by atoms with Gasteiger partial charge in [-0.1, -0.05) is 34.1 Å². The molecule has 1 heterocycles. The summed E-state index contributed by atoms with van der Waals surface area (Å²) < 4.78 is 1.08. The second kappa shape index (κ2) is 10.2. The van der Waals surface area contributed by atoms with Crippen molar-refractivity contribution in [3.8, 4) is 0 Å². The molecule has 0 saturated carbocycles. The Morgan fingerprint density at radius 3 is 2.56 bits per heavy atom. The van der Waals surface area contributed by atoms with E-state index in [-0.39, 0.29) is 5.91 Å². The SMILES string of the molecule is CN=C(NCCCNC(=O)c1cccs1)N(C)Cc1ccc(Br)cc1. The molecule has 0 bridgehead atoms. The molecule has 1 aromatic carbocycles. The topological polar surface area (TPSA) is 56.7 Å². The van der Waals surface area contributed by atoms with Crippen molar-refractivity contribution in [3.05, 3.63) is 56.7 Å². The fourth-order valence-electron chi connectivity index (χ4n) is 2.31. The van der Waals surface area contributed by atoms with Gasteiger partial charge in [0.05, 0.1) is 4.88 Å². The first-order chi connectivity index (χ1) is 12.1. The van der Waals surface area contributed by atoms with Gasteiger partial charge in [-0.15, -0.1) is 11.3 Å². The molecule has 0 radical (unpaired) electrons. The maximum atomic E-state index is 11.8. The van der Waals surface area contributed by atoms with Gasteiger partial charge in [-0.2, -0.15) is 0 Å². The average Bonchev–Trinajstić information content (AvgIpc) is 3.14. The van der Waals surface area contributed by atoms with Crippen LogP contribution in [-0.4, -0.2) is 44.0 Å². The molecule has 0 fully saturated rings. The van der Waals surface area contributed by atoms with Gasteiger partial charge in [-0.25, -0.2) is 0 Å². The van der Waals surface area contributed by atoms with Crippen LogP contribution in [0.5, 0.6) is 0 Å². The lowest BCUT2D eigenvalue weighted by atomic mass is 10.2. The lowest BCUT2D eigenvalue weighted by molar-refractivity contribution is 0.0957. The highest BCUT2D eigenvalue weighted by molar-refractivity contribution is 9.10. The zero-order valence-corrected chi connectivity index (χ0v) is 16.9. The van der Waals surface area contributed by atoms with Gasteiger partial charge in [0.15, 0.2) is 5.96 Å². The number of halogens is 1. The maximum Gasteiger partial charge on any atom is 0.261 e. The molecule has 2 aromatic rings. The first kappa shape index (κ1) is 19.5. The summed E-state index contributed by atoms with van der Waals surface area (Å²) in [7, 11) is 3.79. The number of hydrogen-bond acceptors (Lipinski definition) is 3. The van der Waals surface area contributed by atoms with Crippen LogP contribution < -0.4 is 10.6 Å². The highest BCUT2D eigenvalue weighted by atomic mass is 79.9. The minimum Gasteiger partial charge on any atom is -0.356 e. The summed E-state index contributed by atoms with van der Waals surface area (Å²) in [6.07, 6.45) is 0.836. The molecule has 0 unspecified atom stereocenters. The number of benzene rings is 1. The van der Waals surface area contributed by atoms with Gasteiger partial charge >= 0.3 is 0 Å². The van der Waals surface area contributed by atoms with Crippen LogP contribution in [0, 0.1) is 0 Å². The van der Waals surface area contributed by atoms with Crippen molar-refractivity contribution in [3.63, 3.8) is 0 Å². The summed E-state index contributed by atoms with van der Waals surface area (Å²) >= 11 is 4.90. The second-order valence-electron chi connectivity index (χ2n) is 5.54. The Hall–Kier alpha value is -1.86. The molecule has 0 spiro atoms. The number of carbonyl (C=O) groups excluding carboxylic acids is 1. The molecular weight excluding hydrogens is 400 g/mol. The van der Waals surface area contributed by atoms with E-state index in [2.05, 4.69) is 48.6 Å². The Morgan fingerprint density at radius 2 is 1.92 bits per heavy atom. The van der Waals surface area contributed by atoms with Gasteiger partial charge in [-0.3, -0.25) is 9.79 Å². The van der Waals surface area contributed by atoms with Crippen molar-refractivity contribution in [2.75, 3.05) is 27.2 Å². The van der Waals surface area contributed by atoms with Gasteiger partial charge in [0.1, 0.15) is 0 Å². The Labute approximate surface area is 161 Å². The standard InChI is InChI=1S/C18H23BrN4OS/c1-20-18(23(2)13-14-6-8-15(19)9-7-14)22-11-4-10-21-17(24)16-5-3-12-25-16/h3,5-9,12H,4,10-11,13H2,1-2H3,(H,20,22)(H,21,24). The minimum absolute atomic E-state index is 0.00765. The molecule has 5 nitrogen and oxygen atoms in total. The highest BCUT2D eigenvalue weighted by Gasteiger charge is 2.07. The molecule has 0 saturated heterocycles. The molecule has 1 amide bonds. The number of nitrogens with zero attached hydrogens (tertiary/aromatic N) is 2. The van der Waals surface area contributed by atoms with Crippen LogP contribution in [0.4, 0.5) is 0 Å². The largest absolute Gasteiger partial charge is 0.356 e.